The molecule has 2 heterocycles. The van der Waals surface area contributed by atoms with Gasteiger partial charge in [-0.05, 0) is 24.6 Å². The van der Waals surface area contributed by atoms with Crippen LogP contribution in [-0.4, -0.2) is 36.5 Å². The van der Waals surface area contributed by atoms with Gasteiger partial charge in [-0.3, -0.25) is 4.79 Å². The summed E-state index contributed by atoms with van der Waals surface area (Å²) in [6.45, 7) is 2.27. The molecule has 3 aromatic rings. The number of halogens is 1. The second kappa shape index (κ2) is 6.97. The Labute approximate surface area is 139 Å². The summed E-state index contributed by atoms with van der Waals surface area (Å²) in [4.78, 5) is 15.9. The minimum Gasteiger partial charge on any atom is -0.293 e. The van der Waals surface area contributed by atoms with Crippen molar-refractivity contribution in [1.29, 1.82) is 0 Å². The van der Waals surface area contributed by atoms with Crippen molar-refractivity contribution in [3.63, 3.8) is 0 Å². The van der Waals surface area contributed by atoms with Gasteiger partial charge in [0.25, 0.3) is 0 Å². The van der Waals surface area contributed by atoms with E-state index < -0.39 is 5.82 Å². The maximum Gasteiger partial charge on any atom is 0.176 e. The van der Waals surface area contributed by atoms with Gasteiger partial charge >= 0.3 is 0 Å². The average molecular weight is 349 g/mol. The van der Waals surface area contributed by atoms with Crippen molar-refractivity contribution in [2.75, 3.05) is 5.75 Å². The molecule has 0 N–H and O–H groups in total. The summed E-state index contributed by atoms with van der Waals surface area (Å²) in [5.74, 6) is -0.627. The van der Waals surface area contributed by atoms with Crippen molar-refractivity contribution in [3.8, 4) is 0 Å². The summed E-state index contributed by atoms with van der Waals surface area (Å²) < 4.78 is 16.1. The summed E-state index contributed by atoms with van der Waals surface area (Å²) in [5.41, 5.74) is 0.893. The van der Waals surface area contributed by atoms with Crippen molar-refractivity contribution in [3.05, 3.63) is 52.8 Å². The Hall–Kier alpha value is -2.13. The molecule has 6 nitrogen and oxygen atoms in total. The summed E-state index contributed by atoms with van der Waals surface area (Å²) in [6, 6.07) is 4.60. The van der Waals surface area contributed by atoms with E-state index in [0.29, 0.717) is 10.9 Å². The van der Waals surface area contributed by atoms with Gasteiger partial charge in [-0.15, -0.1) is 10.2 Å². The fraction of sp³-hybridized carbons (Fsp3) is 0.214. The number of ketones is 1. The summed E-state index contributed by atoms with van der Waals surface area (Å²) in [6.07, 6.45) is 3.05. The number of hydrogen-bond acceptors (Lipinski definition) is 7. The summed E-state index contributed by atoms with van der Waals surface area (Å²) in [5, 5.41) is 12.8. The molecule has 2 aromatic heterocycles. The molecule has 0 saturated heterocycles. The minimum absolute atomic E-state index is 0.107. The Morgan fingerprint density at radius 2 is 2.26 bits per heavy atom. The Kier molecular flexibility index (Phi) is 4.77. The van der Waals surface area contributed by atoms with E-state index >= 15 is 0 Å². The predicted octanol–water partition coefficient (Wildman–Crippen LogP) is 2.60. The van der Waals surface area contributed by atoms with E-state index in [4.69, 9.17) is 0 Å². The summed E-state index contributed by atoms with van der Waals surface area (Å²) >= 11 is 2.63. The second-order valence-corrected chi connectivity index (χ2v) is 7.03. The maximum atomic E-state index is 13.8. The molecule has 23 heavy (non-hydrogen) atoms. The molecule has 0 saturated carbocycles. The van der Waals surface area contributed by atoms with Gasteiger partial charge in [0.2, 0.25) is 0 Å². The smallest absolute Gasteiger partial charge is 0.176 e. The number of hydrogen-bond donors (Lipinski definition) is 0. The fourth-order valence-corrected chi connectivity index (χ4v) is 3.64. The van der Waals surface area contributed by atoms with E-state index in [-0.39, 0.29) is 17.1 Å². The van der Waals surface area contributed by atoms with E-state index in [0.717, 1.165) is 10.6 Å². The minimum atomic E-state index is -0.486. The van der Waals surface area contributed by atoms with Crippen LogP contribution in [0.5, 0.6) is 0 Å². The quantitative estimate of drug-likeness (QED) is 0.503. The zero-order valence-electron chi connectivity index (χ0n) is 12.1. The SMILES string of the molecule is Cc1ccc(C(=O)CSc2nnc(Cn3cncn3)s2)c(F)c1. The first-order chi connectivity index (χ1) is 11.1. The number of carbonyl (C=O) groups is 1. The van der Waals surface area contributed by atoms with Gasteiger partial charge in [0.1, 0.15) is 23.5 Å². The largest absolute Gasteiger partial charge is 0.293 e. The van der Waals surface area contributed by atoms with Crippen LogP contribution in [-0.2, 0) is 6.54 Å². The van der Waals surface area contributed by atoms with Crippen LogP contribution in [0.25, 0.3) is 0 Å². The molecule has 0 fully saturated rings. The molecular formula is C14H12FN5OS2. The molecule has 9 heteroatoms. The maximum absolute atomic E-state index is 13.8. The van der Waals surface area contributed by atoms with Crippen molar-refractivity contribution < 1.29 is 9.18 Å². The predicted molar refractivity (Wildman–Crippen MR) is 85.2 cm³/mol. The van der Waals surface area contributed by atoms with Gasteiger partial charge in [-0.1, -0.05) is 29.2 Å². The highest BCUT2D eigenvalue weighted by Crippen LogP contribution is 2.24. The Balaban J connectivity index is 1.60. The first kappa shape index (κ1) is 15.8. The van der Waals surface area contributed by atoms with Crippen molar-refractivity contribution in [1.82, 2.24) is 25.0 Å². The third-order valence-electron chi connectivity index (χ3n) is 2.96. The standard InChI is InChI=1S/C14H12FN5OS2/c1-9-2-3-10(11(15)4-9)12(21)6-22-14-19-18-13(23-14)5-20-8-16-7-17-20/h2-4,7-8H,5-6H2,1H3. The van der Waals surface area contributed by atoms with Gasteiger partial charge in [0, 0.05) is 0 Å². The number of rotatable bonds is 6. The van der Waals surface area contributed by atoms with E-state index in [9.17, 15) is 9.18 Å². The van der Waals surface area contributed by atoms with E-state index in [1.807, 2.05) is 0 Å². The molecule has 0 aliphatic heterocycles. The van der Waals surface area contributed by atoms with Crippen LogP contribution in [0, 0.1) is 12.7 Å². The number of nitrogens with zero attached hydrogens (tertiary/aromatic N) is 5. The van der Waals surface area contributed by atoms with Gasteiger partial charge in [0.15, 0.2) is 10.1 Å². The van der Waals surface area contributed by atoms with Gasteiger partial charge < -0.3 is 0 Å². The second-order valence-electron chi connectivity index (χ2n) is 4.75. The van der Waals surface area contributed by atoms with Gasteiger partial charge in [-0.25, -0.2) is 14.1 Å². The first-order valence-corrected chi connectivity index (χ1v) is 8.49. The van der Waals surface area contributed by atoms with Gasteiger partial charge in [0.05, 0.1) is 17.9 Å². The number of thioether (sulfide) groups is 1. The molecular weight excluding hydrogens is 337 g/mol. The normalized spacial score (nSPS) is 10.9. The highest BCUT2D eigenvalue weighted by Gasteiger charge is 2.14. The molecule has 0 aliphatic rings. The van der Waals surface area contributed by atoms with Crippen LogP contribution in [0.4, 0.5) is 4.39 Å². The van der Waals surface area contributed by atoms with Crippen molar-refractivity contribution in [2.24, 2.45) is 0 Å². The zero-order valence-corrected chi connectivity index (χ0v) is 13.8. The number of aryl methyl sites for hydroxylation is 1. The molecule has 1 aromatic carbocycles. The third kappa shape index (κ3) is 3.99. The highest BCUT2D eigenvalue weighted by atomic mass is 32.2. The molecule has 0 aliphatic carbocycles. The van der Waals surface area contributed by atoms with Crippen molar-refractivity contribution in [2.45, 2.75) is 17.8 Å². The first-order valence-electron chi connectivity index (χ1n) is 6.69. The molecule has 0 amide bonds. The third-order valence-corrected chi connectivity index (χ3v) is 5.01. The molecule has 0 unspecified atom stereocenters. The number of benzene rings is 1. The fourth-order valence-electron chi connectivity index (χ4n) is 1.86. The lowest BCUT2D eigenvalue weighted by Crippen LogP contribution is -2.05. The number of Topliss-reactive ketones (excluding diaryl/α,β-unsaturated/α-hetero) is 1. The topological polar surface area (TPSA) is 73.6 Å². The molecule has 118 valence electrons. The molecule has 0 bridgehead atoms. The van der Waals surface area contributed by atoms with Crippen LogP contribution in [0.2, 0.25) is 0 Å². The molecule has 0 spiro atoms. The van der Waals surface area contributed by atoms with Crippen LogP contribution in [0.1, 0.15) is 20.9 Å². The average Bonchev–Trinajstić information content (AvgIpc) is 3.17. The van der Waals surface area contributed by atoms with E-state index in [1.54, 1.807) is 24.0 Å². The molecule has 0 radical (unpaired) electrons. The number of aromatic nitrogens is 5. The van der Waals surface area contributed by atoms with Crippen molar-refractivity contribution >= 4 is 28.9 Å². The van der Waals surface area contributed by atoms with Crippen LogP contribution in [0.3, 0.4) is 0 Å². The number of carbonyl (C=O) groups excluding carboxylic acids is 1. The van der Waals surface area contributed by atoms with Crippen LogP contribution >= 0.6 is 23.1 Å². The van der Waals surface area contributed by atoms with E-state index in [2.05, 4.69) is 20.3 Å². The van der Waals surface area contributed by atoms with Crippen LogP contribution in [0.15, 0.2) is 35.2 Å². The Morgan fingerprint density at radius 3 is 3.00 bits per heavy atom. The molecule has 3 rings (SSSR count). The Morgan fingerprint density at radius 1 is 1.39 bits per heavy atom. The summed E-state index contributed by atoms with van der Waals surface area (Å²) in [7, 11) is 0. The highest BCUT2D eigenvalue weighted by molar-refractivity contribution is 8.01. The molecule has 0 atom stereocenters. The van der Waals surface area contributed by atoms with E-state index in [1.165, 1.54) is 41.6 Å². The lowest BCUT2D eigenvalue weighted by atomic mass is 10.1. The van der Waals surface area contributed by atoms with Crippen LogP contribution < -0.4 is 0 Å². The monoisotopic (exact) mass is 349 g/mol. The lowest BCUT2D eigenvalue weighted by Gasteiger charge is -2.02. The Bertz CT molecular complexity index is 818. The lowest BCUT2D eigenvalue weighted by molar-refractivity contribution is 0.101. The zero-order chi connectivity index (χ0) is 16.2. The van der Waals surface area contributed by atoms with Gasteiger partial charge in [-0.2, -0.15) is 5.10 Å².